The van der Waals surface area contributed by atoms with Gasteiger partial charge in [0.15, 0.2) is 0 Å². The first-order valence-electron chi connectivity index (χ1n) is 9.11. The number of carbonyl (C=O) groups excluding carboxylic acids is 1. The van der Waals surface area contributed by atoms with Crippen LogP contribution in [0.4, 0.5) is 4.79 Å². The van der Waals surface area contributed by atoms with Gasteiger partial charge in [-0.25, -0.2) is 0 Å². The van der Waals surface area contributed by atoms with Gasteiger partial charge in [-0.3, -0.25) is 0 Å². The molecule has 0 aliphatic heterocycles. The van der Waals surface area contributed by atoms with Gasteiger partial charge in [0.25, 0.3) is 0 Å². The summed E-state index contributed by atoms with van der Waals surface area (Å²) in [4.78, 5) is 11.2. The van der Waals surface area contributed by atoms with Crippen molar-refractivity contribution in [2.24, 2.45) is 0 Å². The average Bonchev–Trinajstić information content (AvgIpc) is 2.52. The first kappa shape index (κ1) is 21.8. The maximum absolute atomic E-state index is 11.2. The van der Waals surface area contributed by atoms with Gasteiger partial charge in [-0.2, -0.15) is 0 Å². The SMILES string of the molecule is CCC[CH2][Sn](/[CH]=C/COC(=O)OCC)([CH2]CCC)[CH2]CCC. The molecule has 0 aromatic rings. The van der Waals surface area contributed by atoms with Gasteiger partial charge in [-0.1, -0.05) is 0 Å². The Labute approximate surface area is 141 Å². The first-order chi connectivity index (χ1) is 10.6. The minimum atomic E-state index is -2.20. The third-order valence-electron chi connectivity index (χ3n) is 4.12. The summed E-state index contributed by atoms with van der Waals surface area (Å²) >= 11 is -2.20. The van der Waals surface area contributed by atoms with E-state index >= 15 is 0 Å². The van der Waals surface area contributed by atoms with Gasteiger partial charge in [-0.15, -0.1) is 0 Å². The van der Waals surface area contributed by atoms with Gasteiger partial charge in [0.1, 0.15) is 0 Å². The van der Waals surface area contributed by atoms with E-state index in [0.717, 1.165) is 0 Å². The zero-order chi connectivity index (χ0) is 16.7. The van der Waals surface area contributed by atoms with Crippen LogP contribution in [-0.2, 0) is 9.47 Å². The van der Waals surface area contributed by atoms with Crippen LogP contribution >= 0.6 is 0 Å². The van der Waals surface area contributed by atoms with Crippen molar-refractivity contribution in [2.75, 3.05) is 13.2 Å². The number of ether oxygens (including phenoxy) is 2. The summed E-state index contributed by atoms with van der Waals surface area (Å²) in [6, 6.07) is 0. The molecule has 0 bridgehead atoms. The molecular weight excluding hydrogens is 383 g/mol. The average molecular weight is 419 g/mol. The van der Waals surface area contributed by atoms with Gasteiger partial charge in [0, 0.05) is 0 Å². The molecular formula is C18H36O3Sn. The molecule has 0 radical (unpaired) electrons. The normalized spacial score (nSPS) is 11.8. The fourth-order valence-corrected chi connectivity index (χ4v) is 17.1. The van der Waals surface area contributed by atoms with E-state index in [9.17, 15) is 4.79 Å². The van der Waals surface area contributed by atoms with Crippen molar-refractivity contribution in [2.45, 2.75) is 79.5 Å². The van der Waals surface area contributed by atoms with E-state index in [-0.39, 0.29) is 0 Å². The topological polar surface area (TPSA) is 35.5 Å². The molecule has 22 heavy (non-hydrogen) atoms. The van der Waals surface area contributed by atoms with Crippen LogP contribution in [0, 0.1) is 0 Å². The molecule has 0 saturated carbocycles. The number of rotatable bonds is 13. The fraction of sp³-hybridized carbons (Fsp3) is 0.833. The zero-order valence-corrected chi connectivity index (χ0v) is 18.0. The van der Waals surface area contributed by atoms with Crippen molar-refractivity contribution < 1.29 is 14.3 Å². The van der Waals surface area contributed by atoms with Gasteiger partial charge < -0.3 is 0 Å². The van der Waals surface area contributed by atoms with E-state index in [0.29, 0.717) is 13.2 Å². The van der Waals surface area contributed by atoms with E-state index < -0.39 is 24.5 Å². The number of hydrogen-bond acceptors (Lipinski definition) is 3. The van der Waals surface area contributed by atoms with Crippen LogP contribution in [-0.4, -0.2) is 37.7 Å². The predicted octanol–water partition coefficient (Wildman–Crippen LogP) is 6.10. The van der Waals surface area contributed by atoms with E-state index in [1.54, 1.807) is 6.92 Å². The van der Waals surface area contributed by atoms with Crippen molar-refractivity contribution in [1.29, 1.82) is 0 Å². The zero-order valence-electron chi connectivity index (χ0n) is 15.2. The molecule has 0 amide bonds. The molecule has 0 heterocycles. The maximum atomic E-state index is 11.2. The fourth-order valence-electron chi connectivity index (χ4n) is 2.79. The summed E-state index contributed by atoms with van der Waals surface area (Å²) in [5, 5.41) is 0. The van der Waals surface area contributed by atoms with Crippen molar-refractivity contribution >= 4 is 24.5 Å². The molecule has 0 N–H and O–H groups in total. The molecule has 4 heteroatoms. The van der Waals surface area contributed by atoms with Gasteiger partial charge in [0.2, 0.25) is 0 Å². The molecule has 0 aromatic heterocycles. The van der Waals surface area contributed by atoms with Crippen LogP contribution in [0.25, 0.3) is 0 Å². The number of hydrogen-bond donors (Lipinski definition) is 0. The summed E-state index contributed by atoms with van der Waals surface area (Å²) in [6.07, 6.45) is 9.46. The molecule has 0 aliphatic rings. The summed E-state index contributed by atoms with van der Waals surface area (Å²) in [5.74, 6) is 0. The third kappa shape index (κ3) is 10.5. The second kappa shape index (κ2) is 14.4. The number of unbranched alkanes of at least 4 members (excludes halogenated alkanes) is 3. The molecule has 0 rings (SSSR count). The van der Waals surface area contributed by atoms with Crippen molar-refractivity contribution in [1.82, 2.24) is 0 Å². The molecule has 3 nitrogen and oxygen atoms in total. The Hall–Kier alpha value is -0.191. The predicted molar refractivity (Wildman–Crippen MR) is 97.0 cm³/mol. The quantitative estimate of drug-likeness (QED) is 0.267. The van der Waals surface area contributed by atoms with Gasteiger partial charge in [0.05, 0.1) is 0 Å². The monoisotopic (exact) mass is 420 g/mol. The summed E-state index contributed by atoms with van der Waals surface area (Å²) in [7, 11) is 0. The molecule has 0 spiro atoms. The molecule has 0 aromatic carbocycles. The summed E-state index contributed by atoms with van der Waals surface area (Å²) in [5.41, 5.74) is 0. The van der Waals surface area contributed by atoms with E-state index in [2.05, 4.69) is 30.9 Å². The Morgan fingerprint density at radius 2 is 1.36 bits per heavy atom. The first-order valence-corrected chi connectivity index (χ1v) is 16.8. The second-order valence-electron chi connectivity index (χ2n) is 6.07. The van der Waals surface area contributed by atoms with Crippen LogP contribution in [0.15, 0.2) is 10.2 Å². The van der Waals surface area contributed by atoms with Crippen molar-refractivity contribution in [3.05, 3.63) is 10.2 Å². The van der Waals surface area contributed by atoms with E-state index in [4.69, 9.17) is 9.47 Å². The van der Waals surface area contributed by atoms with E-state index in [1.807, 2.05) is 0 Å². The summed E-state index contributed by atoms with van der Waals surface area (Å²) in [6.45, 7) is 9.37. The third-order valence-corrected chi connectivity index (χ3v) is 18.4. The van der Waals surface area contributed by atoms with Crippen LogP contribution in [0.5, 0.6) is 0 Å². The van der Waals surface area contributed by atoms with Crippen LogP contribution in [0.2, 0.25) is 13.3 Å². The second-order valence-corrected chi connectivity index (χ2v) is 19.1. The Balaban J connectivity index is 4.65. The van der Waals surface area contributed by atoms with Crippen LogP contribution < -0.4 is 0 Å². The molecule has 0 fully saturated rings. The standard InChI is InChI=1S/C6H9O3.3C4H9.Sn/c1-3-5-9-6(7)8-4-2;3*1-3-4-2;/h1,3H,4-5H2,2H3;3*1,3-4H2,2H3;. The van der Waals surface area contributed by atoms with Gasteiger partial charge in [-0.05, 0) is 0 Å². The van der Waals surface area contributed by atoms with Crippen LogP contribution in [0.1, 0.15) is 66.2 Å². The Kier molecular flexibility index (Phi) is 14.3. The molecule has 0 aliphatic carbocycles. The minimum absolute atomic E-state index is 0.363. The molecule has 130 valence electrons. The van der Waals surface area contributed by atoms with Crippen LogP contribution in [0.3, 0.4) is 0 Å². The van der Waals surface area contributed by atoms with E-state index in [1.165, 1.54) is 51.8 Å². The Morgan fingerprint density at radius 3 is 1.77 bits per heavy atom. The molecule has 0 unspecified atom stereocenters. The Morgan fingerprint density at radius 1 is 0.864 bits per heavy atom. The Bertz CT molecular complexity index is 281. The summed E-state index contributed by atoms with van der Waals surface area (Å²) < 4.78 is 16.7. The molecule has 0 atom stereocenters. The number of carbonyl (C=O) groups is 1. The van der Waals surface area contributed by atoms with Gasteiger partial charge >= 0.3 is 142 Å². The van der Waals surface area contributed by atoms with Crippen molar-refractivity contribution in [3.63, 3.8) is 0 Å². The molecule has 0 saturated heterocycles. The van der Waals surface area contributed by atoms with Crippen molar-refractivity contribution in [3.8, 4) is 0 Å².